The van der Waals surface area contributed by atoms with Crippen molar-refractivity contribution in [3.8, 4) is 22.9 Å². The summed E-state index contributed by atoms with van der Waals surface area (Å²) in [5.74, 6) is 0.574. The van der Waals surface area contributed by atoms with Crippen LogP contribution >= 0.6 is 12.4 Å². The molecule has 0 saturated carbocycles. The second-order valence-corrected chi connectivity index (χ2v) is 6.78. The van der Waals surface area contributed by atoms with Crippen LogP contribution in [0.15, 0.2) is 85.5 Å². The van der Waals surface area contributed by atoms with Crippen LogP contribution in [0.2, 0.25) is 0 Å². The molecule has 5 nitrogen and oxygen atoms in total. The molecular weight excluding hydrogens is 396 g/mol. The Kier molecular flexibility index (Phi) is 6.84. The normalized spacial score (nSPS) is 11.2. The number of halogens is 1. The number of benzene rings is 3. The van der Waals surface area contributed by atoms with Crippen LogP contribution in [0, 0.1) is 11.3 Å². The van der Waals surface area contributed by atoms with Gasteiger partial charge in [-0.2, -0.15) is 10.4 Å². The van der Waals surface area contributed by atoms with Gasteiger partial charge >= 0.3 is 0 Å². The van der Waals surface area contributed by atoms with E-state index < -0.39 is 0 Å². The van der Waals surface area contributed by atoms with Crippen molar-refractivity contribution in [1.82, 2.24) is 14.8 Å². The summed E-state index contributed by atoms with van der Waals surface area (Å²) in [6.07, 6.45) is 2.98. The summed E-state index contributed by atoms with van der Waals surface area (Å²) in [6, 6.07) is 26.4. The number of ether oxygens (including phenoxy) is 1. The Morgan fingerprint density at radius 3 is 2.40 bits per heavy atom. The highest BCUT2D eigenvalue weighted by molar-refractivity contribution is 5.85. The minimum Gasteiger partial charge on any atom is -0.485 e. The summed E-state index contributed by atoms with van der Waals surface area (Å²) in [5, 5.41) is 13.6. The van der Waals surface area contributed by atoms with Crippen LogP contribution in [-0.2, 0) is 6.54 Å². The van der Waals surface area contributed by atoms with Gasteiger partial charge in [0.15, 0.2) is 0 Å². The largest absolute Gasteiger partial charge is 0.485 e. The summed E-state index contributed by atoms with van der Waals surface area (Å²) < 4.78 is 7.89. The van der Waals surface area contributed by atoms with Crippen LogP contribution < -0.4 is 4.74 Å². The quantitative estimate of drug-likeness (QED) is 0.420. The summed E-state index contributed by atoms with van der Waals surface area (Å²) in [4.78, 5) is 3.96. The molecule has 0 aliphatic rings. The third-order valence-corrected chi connectivity index (χ3v) is 4.77. The molecule has 0 amide bonds. The SMILES string of the molecule is CC(Oc1cc(Cn2cncn2)ccc1C#N)c1ccc(-c2ccccc2)cc1.Cl. The van der Waals surface area contributed by atoms with Crippen molar-refractivity contribution in [3.05, 3.63) is 102 Å². The average molecular weight is 417 g/mol. The molecule has 1 heterocycles. The number of hydrogen-bond acceptors (Lipinski definition) is 4. The Morgan fingerprint density at radius 1 is 1.00 bits per heavy atom. The first-order valence-corrected chi connectivity index (χ1v) is 9.40. The lowest BCUT2D eigenvalue weighted by Crippen LogP contribution is -2.06. The molecule has 0 saturated heterocycles. The molecule has 0 fully saturated rings. The smallest absolute Gasteiger partial charge is 0.138 e. The van der Waals surface area contributed by atoms with Gasteiger partial charge < -0.3 is 4.74 Å². The van der Waals surface area contributed by atoms with Crippen molar-refractivity contribution >= 4 is 12.4 Å². The zero-order valence-corrected chi connectivity index (χ0v) is 17.3. The van der Waals surface area contributed by atoms with Gasteiger partial charge in [0.25, 0.3) is 0 Å². The van der Waals surface area contributed by atoms with Crippen LogP contribution in [0.3, 0.4) is 0 Å². The summed E-state index contributed by atoms with van der Waals surface area (Å²) >= 11 is 0. The first kappa shape index (κ1) is 21.1. The fourth-order valence-electron chi connectivity index (χ4n) is 3.19. The van der Waals surface area contributed by atoms with Crippen LogP contribution in [0.4, 0.5) is 0 Å². The van der Waals surface area contributed by atoms with Gasteiger partial charge in [-0.15, -0.1) is 12.4 Å². The van der Waals surface area contributed by atoms with E-state index in [1.165, 1.54) is 11.9 Å². The molecule has 0 spiro atoms. The highest BCUT2D eigenvalue weighted by Gasteiger charge is 2.12. The number of rotatable bonds is 6. The molecule has 0 aliphatic carbocycles. The van der Waals surface area contributed by atoms with Gasteiger partial charge in [-0.05, 0) is 41.3 Å². The van der Waals surface area contributed by atoms with Crippen molar-refractivity contribution in [2.24, 2.45) is 0 Å². The molecule has 0 aliphatic heterocycles. The Morgan fingerprint density at radius 2 is 1.73 bits per heavy atom. The first-order chi connectivity index (χ1) is 14.2. The van der Waals surface area contributed by atoms with Gasteiger partial charge in [-0.25, -0.2) is 9.67 Å². The lowest BCUT2D eigenvalue weighted by molar-refractivity contribution is 0.226. The van der Waals surface area contributed by atoms with Gasteiger partial charge in [-0.1, -0.05) is 60.7 Å². The molecule has 0 N–H and O–H groups in total. The van der Waals surface area contributed by atoms with Crippen LogP contribution in [0.1, 0.15) is 29.7 Å². The zero-order chi connectivity index (χ0) is 20.1. The fourth-order valence-corrected chi connectivity index (χ4v) is 3.19. The van der Waals surface area contributed by atoms with Crippen molar-refractivity contribution in [1.29, 1.82) is 5.26 Å². The molecule has 6 heteroatoms. The van der Waals surface area contributed by atoms with Gasteiger partial charge in [0.2, 0.25) is 0 Å². The molecule has 30 heavy (non-hydrogen) atoms. The van der Waals surface area contributed by atoms with E-state index in [1.54, 1.807) is 17.1 Å². The molecule has 3 aromatic carbocycles. The highest BCUT2D eigenvalue weighted by atomic mass is 35.5. The van der Waals surface area contributed by atoms with Gasteiger partial charge in [0.1, 0.15) is 30.6 Å². The second kappa shape index (κ2) is 9.73. The molecule has 0 bridgehead atoms. The zero-order valence-electron chi connectivity index (χ0n) is 16.5. The molecular formula is C24H21ClN4O. The summed E-state index contributed by atoms with van der Waals surface area (Å²) in [6.45, 7) is 2.56. The van der Waals surface area contributed by atoms with E-state index in [9.17, 15) is 5.26 Å². The summed E-state index contributed by atoms with van der Waals surface area (Å²) in [5.41, 5.74) is 4.90. The number of nitriles is 1. The molecule has 4 rings (SSSR count). The standard InChI is InChI=1S/C24H20N4O.ClH/c1-18(20-9-11-22(12-10-20)21-5-3-2-4-6-21)29-24-13-19(7-8-23(24)14-25)15-28-17-26-16-27-28;/h2-13,16-18H,15H2,1H3;1H. The van der Waals surface area contributed by atoms with Crippen molar-refractivity contribution in [3.63, 3.8) is 0 Å². The van der Waals surface area contributed by atoms with Crippen LogP contribution in [0.25, 0.3) is 11.1 Å². The molecule has 1 atom stereocenters. The molecule has 1 unspecified atom stereocenters. The Hall–Kier alpha value is -3.62. The van der Waals surface area contributed by atoms with Crippen molar-refractivity contribution in [2.45, 2.75) is 19.6 Å². The minimum atomic E-state index is -0.187. The van der Waals surface area contributed by atoms with E-state index in [0.717, 1.165) is 16.7 Å². The lowest BCUT2D eigenvalue weighted by Gasteiger charge is -2.17. The first-order valence-electron chi connectivity index (χ1n) is 9.40. The van der Waals surface area contributed by atoms with Crippen LogP contribution in [-0.4, -0.2) is 14.8 Å². The fraction of sp³-hybridized carbons (Fsp3) is 0.125. The Bertz CT molecular complexity index is 1120. The van der Waals surface area contributed by atoms with Crippen molar-refractivity contribution in [2.75, 3.05) is 0 Å². The average Bonchev–Trinajstić information content (AvgIpc) is 3.28. The predicted octanol–water partition coefficient (Wildman–Crippen LogP) is 5.43. The molecule has 150 valence electrons. The minimum absolute atomic E-state index is 0. The number of nitrogens with zero attached hydrogens (tertiary/aromatic N) is 4. The predicted molar refractivity (Wildman–Crippen MR) is 118 cm³/mol. The van der Waals surface area contributed by atoms with Gasteiger partial charge in [0.05, 0.1) is 12.1 Å². The molecule has 0 radical (unpaired) electrons. The lowest BCUT2D eigenvalue weighted by atomic mass is 10.0. The monoisotopic (exact) mass is 416 g/mol. The molecule has 1 aromatic heterocycles. The maximum atomic E-state index is 9.45. The summed E-state index contributed by atoms with van der Waals surface area (Å²) in [7, 11) is 0. The van der Waals surface area contributed by atoms with Crippen molar-refractivity contribution < 1.29 is 4.74 Å². The highest BCUT2D eigenvalue weighted by Crippen LogP contribution is 2.28. The Balaban J connectivity index is 0.00000256. The van der Waals surface area contributed by atoms with E-state index >= 15 is 0 Å². The maximum Gasteiger partial charge on any atom is 0.138 e. The van der Waals surface area contributed by atoms with E-state index in [0.29, 0.717) is 17.9 Å². The molecule has 4 aromatic rings. The van der Waals surface area contributed by atoms with E-state index in [4.69, 9.17) is 4.74 Å². The third kappa shape index (κ3) is 4.86. The van der Waals surface area contributed by atoms with E-state index in [1.807, 2.05) is 37.3 Å². The number of hydrogen-bond donors (Lipinski definition) is 0. The number of aromatic nitrogens is 3. The van der Waals surface area contributed by atoms with Gasteiger partial charge in [-0.3, -0.25) is 0 Å². The third-order valence-electron chi connectivity index (χ3n) is 4.77. The van der Waals surface area contributed by atoms with Gasteiger partial charge in [0, 0.05) is 0 Å². The maximum absolute atomic E-state index is 9.45. The topological polar surface area (TPSA) is 63.7 Å². The van der Waals surface area contributed by atoms with E-state index in [2.05, 4.69) is 52.6 Å². The Labute approximate surface area is 182 Å². The van der Waals surface area contributed by atoms with Crippen LogP contribution in [0.5, 0.6) is 5.75 Å². The van der Waals surface area contributed by atoms with E-state index in [-0.39, 0.29) is 18.5 Å². The second-order valence-electron chi connectivity index (χ2n) is 6.78.